The second kappa shape index (κ2) is 9.92. The van der Waals surface area contributed by atoms with Crippen molar-refractivity contribution in [2.24, 2.45) is 23.7 Å². The Labute approximate surface area is 164 Å². The Morgan fingerprint density at radius 2 is 1.38 bits per heavy atom. The van der Waals surface area contributed by atoms with Gasteiger partial charge in [-0.25, -0.2) is 0 Å². The van der Waals surface area contributed by atoms with Gasteiger partial charge >= 0.3 is 0 Å². The molecule has 0 amide bonds. The lowest BCUT2D eigenvalue weighted by molar-refractivity contribution is 0.112. The average molecular weight is 363 g/mol. The number of likely N-dealkylation sites (tertiary alicyclic amines) is 2. The smallest absolute Gasteiger partial charge is 0.00701 e. The lowest BCUT2D eigenvalue weighted by atomic mass is 9.77. The van der Waals surface area contributed by atoms with Crippen LogP contribution < -0.4 is 0 Å². The highest BCUT2D eigenvalue weighted by Gasteiger charge is 2.31. The van der Waals surface area contributed by atoms with E-state index in [1.54, 1.807) is 0 Å². The summed E-state index contributed by atoms with van der Waals surface area (Å²) < 4.78 is 0. The number of piperidine rings is 1. The van der Waals surface area contributed by atoms with Crippen molar-refractivity contribution in [2.75, 3.05) is 26.2 Å². The van der Waals surface area contributed by atoms with E-state index in [1.165, 1.54) is 90.4 Å². The highest BCUT2D eigenvalue weighted by molar-refractivity contribution is 4.85. The summed E-state index contributed by atoms with van der Waals surface area (Å²) in [6.07, 6.45) is 14.8. The van der Waals surface area contributed by atoms with Crippen molar-refractivity contribution in [3.63, 3.8) is 0 Å². The average Bonchev–Trinajstić information content (AvgIpc) is 3.11. The summed E-state index contributed by atoms with van der Waals surface area (Å²) in [5.74, 6) is 3.92. The molecule has 2 aliphatic heterocycles. The van der Waals surface area contributed by atoms with Gasteiger partial charge in [-0.1, -0.05) is 39.0 Å². The molecule has 0 aromatic rings. The van der Waals surface area contributed by atoms with Gasteiger partial charge in [-0.15, -0.1) is 0 Å². The molecule has 2 heterocycles. The Bertz CT molecular complexity index is 401. The minimum absolute atomic E-state index is 0.727. The van der Waals surface area contributed by atoms with Crippen LogP contribution in [0.1, 0.15) is 91.9 Å². The lowest BCUT2D eigenvalue weighted by Crippen LogP contribution is -2.42. The fourth-order valence-corrected chi connectivity index (χ4v) is 6.27. The molecule has 0 aromatic heterocycles. The summed E-state index contributed by atoms with van der Waals surface area (Å²) in [5, 5.41) is 0. The number of nitrogens with zero attached hydrogens (tertiary/aromatic N) is 2. The second-order valence-corrected chi connectivity index (χ2v) is 10.4. The molecule has 3 aliphatic rings. The molecule has 2 nitrogen and oxygen atoms in total. The van der Waals surface area contributed by atoms with E-state index in [2.05, 4.69) is 37.5 Å². The van der Waals surface area contributed by atoms with Crippen LogP contribution >= 0.6 is 0 Å². The van der Waals surface area contributed by atoms with Gasteiger partial charge in [0.25, 0.3) is 0 Å². The minimum atomic E-state index is 0.727. The van der Waals surface area contributed by atoms with Gasteiger partial charge in [-0.2, -0.15) is 0 Å². The topological polar surface area (TPSA) is 6.48 Å². The van der Waals surface area contributed by atoms with Crippen molar-refractivity contribution in [1.82, 2.24) is 9.80 Å². The van der Waals surface area contributed by atoms with E-state index in [4.69, 9.17) is 0 Å². The Balaban J connectivity index is 1.40. The Morgan fingerprint density at radius 3 is 2.12 bits per heavy atom. The zero-order valence-corrected chi connectivity index (χ0v) is 18.3. The summed E-state index contributed by atoms with van der Waals surface area (Å²) in [6, 6.07) is 1.52. The molecule has 1 saturated carbocycles. The van der Waals surface area contributed by atoms with Gasteiger partial charge < -0.3 is 9.80 Å². The number of hydrogen-bond donors (Lipinski definition) is 0. The summed E-state index contributed by atoms with van der Waals surface area (Å²) in [7, 11) is 0. The first kappa shape index (κ1) is 20.6. The predicted octanol–water partition coefficient (Wildman–Crippen LogP) is 5.81. The molecule has 152 valence electrons. The summed E-state index contributed by atoms with van der Waals surface area (Å²) in [5.41, 5.74) is 0. The van der Waals surface area contributed by atoms with Crippen molar-refractivity contribution in [2.45, 2.75) is 104 Å². The first-order chi connectivity index (χ1) is 12.5. The van der Waals surface area contributed by atoms with E-state index >= 15 is 0 Å². The van der Waals surface area contributed by atoms with Crippen LogP contribution in [0.4, 0.5) is 0 Å². The summed E-state index contributed by atoms with van der Waals surface area (Å²) in [6.45, 7) is 15.2. The van der Waals surface area contributed by atoms with Gasteiger partial charge in [0, 0.05) is 25.2 Å². The molecule has 0 bridgehead atoms. The highest BCUT2D eigenvalue weighted by atomic mass is 15.2. The molecule has 2 saturated heterocycles. The zero-order chi connectivity index (χ0) is 18.5. The molecular formula is C24H46N2. The molecule has 3 fully saturated rings. The van der Waals surface area contributed by atoms with Crippen LogP contribution in [0.15, 0.2) is 0 Å². The van der Waals surface area contributed by atoms with Gasteiger partial charge in [0.2, 0.25) is 0 Å². The molecule has 0 radical (unpaired) electrons. The van der Waals surface area contributed by atoms with Crippen molar-refractivity contribution >= 4 is 0 Å². The van der Waals surface area contributed by atoms with E-state index in [9.17, 15) is 0 Å². The SMILES string of the molecule is CC(CC1CCN(C(C)CC2CCCN(C(C)C)C2)C1)C1CCCCC1. The fourth-order valence-electron chi connectivity index (χ4n) is 6.27. The third-order valence-electron chi connectivity index (χ3n) is 8.06. The molecule has 1 aliphatic carbocycles. The molecule has 26 heavy (non-hydrogen) atoms. The van der Waals surface area contributed by atoms with E-state index in [-0.39, 0.29) is 0 Å². The van der Waals surface area contributed by atoms with Crippen molar-refractivity contribution in [3.05, 3.63) is 0 Å². The van der Waals surface area contributed by atoms with Crippen LogP contribution in [0.2, 0.25) is 0 Å². The van der Waals surface area contributed by atoms with Gasteiger partial charge in [-0.3, -0.25) is 0 Å². The number of rotatable bonds is 7. The maximum absolute atomic E-state index is 2.84. The molecule has 4 atom stereocenters. The molecule has 4 unspecified atom stereocenters. The van der Waals surface area contributed by atoms with Crippen LogP contribution in [0.5, 0.6) is 0 Å². The predicted molar refractivity (Wildman–Crippen MR) is 114 cm³/mol. The zero-order valence-electron chi connectivity index (χ0n) is 18.3. The maximum Gasteiger partial charge on any atom is 0.00701 e. The summed E-state index contributed by atoms with van der Waals surface area (Å²) in [4.78, 5) is 5.55. The fraction of sp³-hybridized carbons (Fsp3) is 1.00. The third kappa shape index (κ3) is 5.71. The monoisotopic (exact) mass is 362 g/mol. The number of hydrogen-bond acceptors (Lipinski definition) is 2. The van der Waals surface area contributed by atoms with Gasteiger partial charge in [0.1, 0.15) is 0 Å². The standard InChI is InChI=1S/C24H46N2/c1-19(2)25-13-8-9-22(17-25)16-21(4)26-14-12-23(18-26)15-20(3)24-10-6-5-7-11-24/h19-24H,5-18H2,1-4H3. The normalized spacial score (nSPS) is 32.2. The van der Waals surface area contributed by atoms with Gasteiger partial charge in [0.05, 0.1) is 0 Å². The molecule has 0 N–H and O–H groups in total. The van der Waals surface area contributed by atoms with E-state index < -0.39 is 0 Å². The quantitative estimate of drug-likeness (QED) is 0.563. The van der Waals surface area contributed by atoms with E-state index in [1.807, 2.05) is 0 Å². The molecule has 3 rings (SSSR count). The Hall–Kier alpha value is -0.0800. The second-order valence-electron chi connectivity index (χ2n) is 10.4. The Kier molecular flexibility index (Phi) is 7.88. The molecule has 0 aromatic carbocycles. The highest BCUT2D eigenvalue weighted by Crippen LogP contribution is 2.36. The maximum atomic E-state index is 2.84. The van der Waals surface area contributed by atoms with Crippen LogP contribution in [0.25, 0.3) is 0 Å². The van der Waals surface area contributed by atoms with Crippen molar-refractivity contribution in [3.8, 4) is 0 Å². The lowest BCUT2D eigenvalue weighted by Gasteiger charge is -2.37. The van der Waals surface area contributed by atoms with Gasteiger partial charge in [0.15, 0.2) is 0 Å². The van der Waals surface area contributed by atoms with Crippen LogP contribution in [0, 0.1) is 23.7 Å². The first-order valence-electron chi connectivity index (χ1n) is 12.0. The minimum Gasteiger partial charge on any atom is -0.301 e. The van der Waals surface area contributed by atoms with E-state index in [0.29, 0.717) is 0 Å². The van der Waals surface area contributed by atoms with Crippen LogP contribution in [-0.2, 0) is 0 Å². The summed E-state index contributed by atoms with van der Waals surface area (Å²) >= 11 is 0. The van der Waals surface area contributed by atoms with Crippen LogP contribution in [0.3, 0.4) is 0 Å². The Morgan fingerprint density at radius 1 is 0.692 bits per heavy atom. The van der Waals surface area contributed by atoms with E-state index in [0.717, 1.165) is 35.8 Å². The van der Waals surface area contributed by atoms with Crippen molar-refractivity contribution in [1.29, 1.82) is 0 Å². The first-order valence-corrected chi connectivity index (χ1v) is 12.0. The van der Waals surface area contributed by atoms with Gasteiger partial charge in [-0.05, 0) is 89.6 Å². The molecular weight excluding hydrogens is 316 g/mol. The van der Waals surface area contributed by atoms with Crippen LogP contribution in [-0.4, -0.2) is 48.1 Å². The largest absolute Gasteiger partial charge is 0.301 e. The third-order valence-corrected chi connectivity index (χ3v) is 8.06. The molecule has 2 heteroatoms. The molecule has 0 spiro atoms. The van der Waals surface area contributed by atoms with Crippen molar-refractivity contribution < 1.29 is 0 Å².